The molecule has 0 heterocycles. The van der Waals surface area contributed by atoms with E-state index in [-0.39, 0.29) is 5.91 Å². The van der Waals surface area contributed by atoms with Crippen molar-refractivity contribution < 1.29 is 9.53 Å². The van der Waals surface area contributed by atoms with Crippen LogP contribution in [0.2, 0.25) is 0 Å². The molecular formula is C21H19BrN2O2. The summed E-state index contributed by atoms with van der Waals surface area (Å²) in [6, 6.07) is 24.1. The van der Waals surface area contributed by atoms with Gasteiger partial charge in [0.15, 0.2) is 0 Å². The second-order valence-corrected chi connectivity index (χ2v) is 6.63. The highest BCUT2D eigenvalue weighted by atomic mass is 79.9. The van der Waals surface area contributed by atoms with Crippen LogP contribution in [-0.2, 0) is 4.79 Å². The number of carbonyl (C=O) groups excluding carboxylic acids is 1. The summed E-state index contributed by atoms with van der Waals surface area (Å²) in [4.78, 5) is 13.0. The van der Waals surface area contributed by atoms with E-state index >= 15 is 0 Å². The normalized spacial score (nSPS) is 11.5. The van der Waals surface area contributed by atoms with Crippen molar-refractivity contribution in [3.8, 4) is 5.75 Å². The second kappa shape index (κ2) is 8.54. The van der Waals surface area contributed by atoms with E-state index in [1.807, 2.05) is 72.8 Å². The van der Waals surface area contributed by atoms with E-state index in [4.69, 9.17) is 4.74 Å². The van der Waals surface area contributed by atoms with Gasteiger partial charge in [0.2, 0.25) is 0 Å². The van der Waals surface area contributed by atoms with Crippen molar-refractivity contribution in [3.63, 3.8) is 0 Å². The van der Waals surface area contributed by atoms with E-state index in [1.54, 1.807) is 13.2 Å². The van der Waals surface area contributed by atoms with Gasteiger partial charge in [0.05, 0.1) is 7.11 Å². The number of rotatable bonds is 6. The molecule has 0 saturated heterocycles. The third kappa shape index (κ3) is 4.64. The number of benzene rings is 3. The predicted molar refractivity (Wildman–Crippen MR) is 109 cm³/mol. The van der Waals surface area contributed by atoms with Crippen molar-refractivity contribution in [1.82, 2.24) is 0 Å². The van der Waals surface area contributed by atoms with Gasteiger partial charge in [-0.05, 0) is 42.0 Å². The fraction of sp³-hybridized carbons (Fsp3) is 0.0952. The Morgan fingerprint density at radius 1 is 0.923 bits per heavy atom. The van der Waals surface area contributed by atoms with E-state index < -0.39 is 6.04 Å². The zero-order chi connectivity index (χ0) is 18.4. The number of hydrogen-bond donors (Lipinski definition) is 2. The fourth-order valence-corrected chi connectivity index (χ4v) is 2.84. The van der Waals surface area contributed by atoms with Gasteiger partial charge in [-0.25, -0.2) is 0 Å². The number of nitrogens with one attached hydrogen (secondary N) is 2. The minimum absolute atomic E-state index is 0.146. The Kier molecular flexibility index (Phi) is 5.92. The van der Waals surface area contributed by atoms with Crippen LogP contribution in [0.15, 0.2) is 83.3 Å². The van der Waals surface area contributed by atoms with Crippen LogP contribution in [0.5, 0.6) is 5.75 Å². The van der Waals surface area contributed by atoms with Crippen molar-refractivity contribution in [3.05, 3.63) is 88.9 Å². The third-order valence-corrected chi connectivity index (χ3v) is 4.42. The van der Waals surface area contributed by atoms with E-state index in [9.17, 15) is 4.79 Å². The van der Waals surface area contributed by atoms with Crippen molar-refractivity contribution in [1.29, 1.82) is 0 Å². The van der Waals surface area contributed by atoms with Gasteiger partial charge >= 0.3 is 0 Å². The minimum atomic E-state index is -0.524. The van der Waals surface area contributed by atoms with Gasteiger partial charge in [-0.1, -0.05) is 52.3 Å². The molecule has 0 aromatic heterocycles. The van der Waals surface area contributed by atoms with Gasteiger partial charge in [0.1, 0.15) is 11.8 Å². The molecule has 3 aromatic rings. The van der Waals surface area contributed by atoms with Crippen molar-refractivity contribution in [2.45, 2.75) is 6.04 Å². The lowest BCUT2D eigenvalue weighted by Crippen LogP contribution is -2.27. The molecule has 0 saturated carbocycles. The summed E-state index contributed by atoms with van der Waals surface area (Å²) in [5, 5.41) is 6.26. The van der Waals surface area contributed by atoms with Gasteiger partial charge in [-0.2, -0.15) is 0 Å². The Hall–Kier alpha value is -2.79. The molecule has 4 nitrogen and oxygen atoms in total. The summed E-state index contributed by atoms with van der Waals surface area (Å²) in [5.74, 6) is 0.548. The van der Waals surface area contributed by atoms with Gasteiger partial charge in [0.25, 0.3) is 5.91 Å². The molecule has 1 unspecified atom stereocenters. The molecule has 0 aliphatic rings. The minimum Gasteiger partial charge on any atom is -0.497 e. The summed E-state index contributed by atoms with van der Waals surface area (Å²) >= 11 is 3.42. The first-order valence-electron chi connectivity index (χ1n) is 8.17. The maximum atomic E-state index is 13.0. The average Bonchev–Trinajstić information content (AvgIpc) is 2.68. The first-order valence-corrected chi connectivity index (χ1v) is 8.97. The van der Waals surface area contributed by atoms with E-state index in [0.717, 1.165) is 15.7 Å². The lowest BCUT2D eigenvalue weighted by molar-refractivity contribution is -0.117. The zero-order valence-electron chi connectivity index (χ0n) is 14.3. The summed E-state index contributed by atoms with van der Waals surface area (Å²) in [5.41, 5.74) is 2.44. The molecule has 3 rings (SSSR count). The van der Waals surface area contributed by atoms with Gasteiger partial charge in [-0.15, -0.1) is 0 Å². The number of methoxy groups -OCH3 is 1. The Bertz CT molecular complexity index is 867. The first kappa shape index (κ1) is 18.0. The number of halogens is 1. The Labute approximate surface area is 161 Å². The number of carbonyl (C=O) groups is 1. The van der Waals surface area contributed by atoms with Crippen LogP contribution in [-0.4, -0.2) is 13.0 Å². The Balaban J connectivity index is 1.84. The fourth-order valence-electron chi connectivity index (χ4n) is 2.57. The lowest BCUT2D eigenvalue weighted by Gasteiger charge is -2.20. The molecule has 0 aliphatic heterocycles. The molecule has 132 valence electrons. The molecule has 0 fully saturated rings. The molecule has 1 amide bonds. The number of ether oxygens (including phenoxy) is 1. The summed E-state index contributed by atoms with van der Waals surface area (Å²) < 4.78 is 6.20. The maximum Gasteiger partial charge on any atom is 0.251 e. The molecule has 1 atom stereocenters. The standard InChI is InChI=1S/C21H19BrN2O2/c1-26-19-9-5-8-18(14-19)24-21(25)20(15-6-3-2-4-7-15)23-17-12-10-16(22)11-13-17/h2-14,20,23H,1H3,(H,24,25). The molecule has 0 radical (unpaired) electrons. The molecular weight excluding hydrogens is 392 g/mol. The monoisotopic (exact) mass is 410 g/mol. The Morgan fingerprint density at radius 2 is 1.65 bits per heavy atom. The highest BCUT2D eigenvalue weighted by Crippen LogP contribution is 2.24. The van der Waals surface area contributed by atoms with Crippen LogP contribution in [0.1, 0.15) is 11.6 Å². The average molecular weight is 411 g/mol. The topological polar surface area (TPSA) is 50.4 Å². The summed E-state index contributed by atoms with van der Waals surface area (Å²) in [7, 11) is 1.60. The van der Waals surface area contributed by atoms with Crippen LogP contribution < -0.4 is 15.4 Å². The quantitative estimate of drug-likeness (QED) is 0.583. The van der Waals surface area contributed by atoms with Crippen molar-refractivity contribution >= 4 is 33.2 Å². The molecule has 26 heavy (non-hydrogen) atoms. The third-order valence-electron chi connectivity index (χ3n) is 3.89. The molecule has 0 aliphatic carbocycles. The van der Waals surface area contributed by atoms with Gasteiger partial charge in [0, 0.05) is 21.9 Å². The number of amides is 1. The largest absolute Gasteiger partial charge is 0.497 e. The second-order valence-electron chi connectivity index (χ2n) is 5.72. The SMILES string of the molecule is COc1cccc(NC(=O)C(Nc2ccc(Br)cc2)c2ccccc2)c1. The molecule has 0 bridgehead atoms. The molecule has 5 heteroatoms. The van der Waals surface area contributed by atoms with Crippen LogP contribution in [0, 0.1) is 0 Å². The highest BCUT2D eigenvalue weighted by Gasteiger charge is 2.20. The zero-order valence-corrected chi connectivity index (χ0v) is 15.9. The smallest absolute Gasteiger partial charge is 0.251 e. The summed E-state index contributed by atoms with van der Waals surface area (Å²) in [6.45, 7) is 0. The van der Waals surface area contributed by atoms with Crippen molar-refractivity contribution in [2.75, 3.05) is 17.7 Å². The number of anilines is 2. The Morgan fingerprint density at radius 3 is 2.35 bits per heavy atom. The van der Waals surface area contributed by atoms with Crippen LogP contribution in [0.4, 0.5) is 11.4 Å². The lowest BCUT2D eigenvalue weighted by atomic mass is 10.1. The van der Waals surface area contributed by atoms with E-state index in [0.29, 0.717) is 11.4 Å². The van der Waals surface area contributed by atoms with Crippen molar-refractivity contribution in [2.24, 2.45) is 0 Å². The van der Waals surface area contributed by atoms with Crippen LogP contribution in [0.25, 0.3) is 0 Å². The molecule has 2 N–H and O–H groups in total. The maximum absolute atomic E-state index is 13.0. The summed E-state index contributed by atoms with van der Waals surface area (Å²) in [6.07, 6.45) is 0. The van der Waals surface area contributed by atoms with Gasteiger partial charge < -0.3 is 15.4 Å². The molecule has 3 aromatic carbocycles. The number of hydrogen-bond acceptors (Lipinski definition) is 3. The highest BCUT2D eigenvalue weighted by molar-refractivity contribution is 9.10. The first-order chi connectivity index (χ1) is 12.7. The van der Waals surface area contributed by atoms with E-state index in [2.05, 4.69) is 26.6 Å². The van der Waals surface area contributed by atoms with E-state index in [1.165, 1.54) is 0 Å². The van der Waals surface area contributed by atoms with Gasteiger partial charge in [-0.3, -0.25) is 4.79 Å². The predicted octanol–water partition coefficient (Wildman–Crippen LogP) is 5.25. The van der Waals surface area contributed by atoms with Crippen LogP contribution in [0.3, 0.4) is 0 Å². The van der Waals surface area contributed by atoms with Crippen LogP contribution >= 0.6 is 15.9 Å². The molecule has 0 spiro atoms.